The third kappa shape index (κ3) is 30.6. The third-order valence-corrected chi connectivity index (χ3v) is 14.8. The van der Waals surface area contributed by atoms with E-state index < -0.39 is 83.7 Å². The molecule has 0 aliphatic carbocycles. The Labute approximate surface area is 444 Å². The van der Waals surface area contributed by atoms with Crippen LogP contribution in [0.2, 0.25) is 0 Å². The number of aromatic nitrogens is 2. The molecule has 0 bridgehead atoms. The summed E-state index contributed by atoms with van der Waals surface area (Å²) >= 11 is 0. The molecule has 21 heteroatoms. The van der Waals surface area contributed by atoms with Crippen molar-refractivity contribution < 1.29 is 71.0 Å². The molecular formula is C54H87N3O16P2. The molecule has 1 aromatic rings. The summed E-state index contributed by atoms with van der Waals surface area (Å²) in [5, 5.41) is 20.9. The second-order valence-corrected chi connectivity index (χ2v) is 21.8. The van der Waals surface area contributed by atoms with Crippen LogP contribution in [0, 0.1) is 0 Å². The van der Waals surface area contributed by atoms with Gasteiger partial charge in [0.05, 0.1) is 25.4 Å². The summed E-state index contributed by atoms with van der Waals surface area (Å²) in [5.41, 5.74) is 4.59. The molecule has 2 aliphatic heterocycles. The van der Waals surface area contributed by atoms with Gasteiger partial charge in [0.2, 0.25) is 0 Å². The van der Waals surface area contributed by atoms with Crippen molar-refractivity contribution in [2.75, 3.05) is 25.6 Å². The van der Waals surface area contributed by atoms with Gasteiger partial charge in [-0.05, 0) is 83.1 Å². The topological polar surface area (TPSA) is 278 Å². The number of carbonyl (C=O) groups excluding carboxylic acids is 2. The number of anilines is 1. The normalized spacial score (nSPS) is 22.1. The highest BCUT2D eigenvalue weighted by molar-refractivity contribution is 7.61. The number of nitrogen functional groups attached to an aromatic ring is 1. The Hall–Kier alpha value is -3.84. The van der Waals surface area contributed by atoms with Crippen LogP contribution in [-0.4, -0.2) is 97.9 Å². The van der Waals surface area contributed by atoms with Crippen LogP contribution in [0.4, 0.5) is 5.82 Å². The van der Waals surface area contributed by atoms with Crippen LogP contribution in [0.25, 0.3) is 0 Å². The summed E-state index contributed by atoms with van der Waals surface area (Å²) in [7, 11) is -10.9. The molecule has 0 amide bonds. The number of epoxide rings is 1. The summed E-state index contributed by atoms with van der Waals surface area (Å²) in [6.45, 7) is 1.97. The van der Waals surface area contributed by atoms with Crippen LogP contribution in [0.1, 0.15) is 174 Å². The highest BCUT2D eigenvalue weighted by Crippen LogP contribution is 2.60. The Morgan fingerprint density at radius 3 is 1.83 bits per heavy atom. The predicted molar refractivity (Wildman–Crippen MR) is 288 cm³/mol. The summed E-state index contributed by atoms with van der Waals surface area (Å²) in [5.74, 6) is -1.41. The Kier molecular flexibility index (Phi) is 33.7. The zero-order valence-corrected chi connectivity index (χ0v) is 46.1. The fourth-order valence-electron chi connectivity index (χ4n) is 7.90. The second kappa shape index (κ2) is 38.7. The average Bonchev–Trinajstić information content (AvgIpc) is 4.06. The van der Waals surface area contributed by atoms with Gasteiger partial charge in [0.1, 0.15) is 30.7 Å². The number of unbranched alkanes of at least 4 members (excludes halogenated alkanes) is 13. The van der Waals surface area contributed by atoms with Gasteiger partial charge in [-0.2, -0.15) is 9.29 Å². The van der Waals surface area contributed by atoms with Crippen molar-refractivity contribution in [2.45, 2.75) is 211 Å². The number of nitrogens with zero attached hydrogens (tertiary/aromatic N) is 2. The van der Waals surface area contributed by atoms with Crippen molar-refractivity contribution in [2.24, 2.45) is 0 Å². The molecule has 3 rings (SSSR count). The van der Waals surface area contributed by atoms with Gasteiger partial charge in [0.15, 0.2) is 12.3 Å². The molecule has 2 saturated heterocycles. The minimum atomic E-state index is -5.45. The number of hydrogen-bond donors (Lipinski definition) is 5. The average molecular weight is 1100 g/mol. The number of carbonyl (C=O) groups is 2. The lowest BCUT2D eigenvalue weighted by molar-refractivity contribution is -0.161. The van der Waals surface area contributed by atoms with Gasteiger partial charge in [0, 0.05) is 19.0 Å². The number of esters is 2. The van der Waals surface area contributed by atoms with E-state index in [2.05, 4.69) is 71.8 Å². The second-order valence-electron chi connectivity index (χ2n) is 18.7. The Morgan fingerprint density at radius 1 is 0.667 bits per heavy atom. The Bertz CT molecular complexity index is 2110. The third-order valence-electron chi connectivity index (χ3n) is 12.2. The number of aliphatic hydroxyl groups excluding tert-OH is 2. The molecule has 0 saturated carbocycles. The van der Waals surface area contributed by atoms with E-state index in [1.165, 1.54) is 44.6 Å². The molecule has 6 N–H and O–H groups in total. The monoisotopic (exact) mass is 1100 g/mol. The first-order valence-corrected chi connectivity index (χ1v) is 30.1. The van der Waals surface area contributed by atoms with E-state index in [4.69, 9.17) is 33.7 Å². The number of aliphatic hydroxyl groups is 2. The maximum absolute atomic E-state index is 12.9. The van der Waals surface area contributed by atoms with E-state index in [1.807, 2.05) is 24.3 Å². The lowest BCUT2D eigenvalue weighted by Gasteiger charge is -2.21. The van der Waals surface area contributed by atoms with Crippen molar-refractivity contribution >= 4 is 33.4 Å². The van der Waals surface area contributed by atoms with Crippen LogP contribution >= 0.6 is 15.6 Å². The van der Waals surface area contributed by atoms with Crippen LogP contribution in [-0.2, 0) is 51.0 Å². The smallest absolute Gasteiger partial charge is 0.462 e. The SMILES string of the molecule is CC/C=C\CC1OC1C/C=C\C/C=C\C/C=C\C/C=C\CCC(=O)O[C@H](COC(=O)CCCCCCCCC/C=C\CCCCCCCC)COP(=O)(O)OP(=O)(O)OC[C@H]1O[C@@H](n2ccc(N)nc2=O)[C@H](O)[C@@H]1O. The van der Waals surface area contributed by atoms with Crippen LogP contribution in [0.15, 0.2) is 90.0 Å². The summed E-state index contributed by atoms with van der Waals surface area (Å²) in [6, 6.07) is 1.24. The van der Waals surface area contributed by atoms with Crippen molar-refractivity contribution in [3.63, 3.8) is 0 Å². The van der Waals surface area contributed by atoms with Crippen molar-refractivity contribution in [3.8, 4) is 0 Å². The van der Waals surface area contributed by atoms with E-state index in [0.29, 0.717) is 31.5 Å². The van der Waals surface area contributed by atoms with E-state index in [-0.39, 0.29) is 18.7 Å². The maximum atomic E-state index is 12.9. The van der Waals surface area contributed by atoms with Gasteiger partial charge >= 0.3 is 33.3 Å². The molecule has 4 unspecified atom stereocenters. The largest absolute Gasteiger partial charge is 0.481 e. The maximum Gasteiger partial charge on any atom is 0.481 e. The standard InChI is InChI=1S/C54H87N3O16P2/c1-3-5-7-8-9-10-11-12-13-14-15-16-20-23-26-29-33-37-49(58)67-41-44(70-50(59)38-34-30-27-24-21-18-17-19-22-25-28-32-36-46-45(71-46)35-31-6-4-2)42-68-74(63,64)73-75(65,66)69-43-47-51(60)52(61)53(72-47)57-40-39-48(55)56-54(57)62/h6,12-13,18-19,21-22,27-28,30-32,39-40,44-47,51-53,60-61H,3-5,7-11,14-17,20,23-26,29,33-38,41-43H2,1-2H3,(H,63,64)(H,65,66)(H2,55,56,62)/b13-12-,21-18-,22-19-,30-27-,31-6-,32-28-/t44-,45?,46?,47-,51-,52-,53-/m1/s1. The van der Waals surface area contributed by atoms with Gasteiger partial charge in [-0.15, -0.1) is 0 Å². The number of ether oxygens (including phenoxy) is 4. The fourth-order valence-corrected chi connectivity index (χ4v) is 10.0. The molecule has 3 heterocycles. The first kappa shape index (κ1) is 65.4. The fraction of sp³-hybridized carbons (Fsp3) is 0.667. The minimum Gasteiger partial charge on any atom is -0.462 e. The number of allylic oxidation sites excluding steroid dienone is 10. The first-order chi connectivity index (χ1) is 36.1. The molecule has 2 fully saturated rings. The zero-order valence-electron chi connectivity index (χ0n) is 44.3. The van der Waals surface area contributed by atoms with E-state index >= 15 is 0 Å². The first-order valence-electron chi connectivity index (χ1n) is 27.1. The minimum absolute atomic E-state index is 0.0820. The van der Waals surface area contributed by atoms with Gasteiger partial charge in [0.25, 0.3) is 0 Å². The number of hydrogen-bond acceptors (Lipinski definition) is 16. The number of rotatable bonds is 43. The van der Waals surface area contributed by atoms with Crippen molar-refractivity contribution in [1.82, 2.24) is 9.55 Å². The zero-order chi connectivity index (χ0) is 54.6. The van der Waals surface area contributed by atoms with Crippen molar-refractivity contribution in [1.29, 1.82) is 0 Å². The van der Waals surface area contributed by atoms with Gasteiger partial charge in [-0.25, -0.2) is 13.9 Å². The van der Waals surface area contributed by atoms with Gasteiger partial charge in [-0.1, -0.05) is 151 Å². The number of nitrogens with two attached hydrogens (primary N) is 1. The molecule has 75 heavy (non-hydrogen) atoms. The van der Waals surface area contributed by atoms with E-state index in [1.54, 1.807) is 0 Å². The molecule has 0 aromatic carbocycles. The summed E-state index contributed by atoms with van der Waals surface area (Å²) in [4.78, 5) is 62.0. The van der Waals surface area contributed by atoms with Crippen LogP contribution in [0.5, 0.6) is 0 Å². The molecule has 0 radical (unpaired) electrons. The summed E-state index contributed by atoms with van der Waals surface area (Å²) in [6.07, 6.45) is 41.7. The van der Waals surface area contributed by atoms with Crippen LogP contribution < -0.4 is 11.4 Å². The van der Waals surface area contributed by atoms with E-state index in [9.17, 15) is 43.5 Å². The molecular weight excluding hydrogens is 1010 g/mol. The Morgan fingerprint density at radius 2 is 1.21 bits per heavy atom. The van der Waals surface area contributed by atoms with Gasteiger partial charge in [-0.3, -0.25) is 23.2 Å². The summed E-state index contributed by atoms with van der Waals surface area (Å²) < 4.78 is 62.5. The highest BCUT2D eigenvalue weighted by Gasteiger charge is 2.46. The molecule has 19 nitrogen and oxygen atoms in total. The van der Waals surface area contributed by atoms with Crippen LogP contribution in [0.3, 0.4) is 0 Å². The quantitative estimate of drug-likeness (QED) is 0.0134. The lowest BCUT2D eigenvalue weighted by atomic mass is 10.1. The number of phosphoric acid groups is 2. The highest BCUT2D eigenvalue weighted by atomic mass is 31.3. The lowest BCUT2D eigenvalue weighted by Crippen LogP contribution is -2.36. The Balaban J connectivity index is 1.40. The molecule has 1 aromatic heterocycles. The number of phosphoric ester groups is 2. The van der Waals surface area contributed by atoms with E-state index in [0.717, 1.165) is 94.2 Å². The predicted octanol–water partition coefficient (Wildman–Crippen LogP) is 10.7. The molecule has 9 atom stereocenters. The molecule has 0 spiro atoms. The van der Waals surface area contributed by atoms with Gasteiger partial charge < -0.3 is 44.7 Å². The van der Waals surface area contributed by atoms with Crippen molar-refractivity contribution in [3.05, 3.63) is 95.7 Å². The molecule has 424 valence electrons. The molecule has 2 aliphatic rings.